The summed E-state index contributed by atoms with van der Waals surface area (Å²) in [6, 6.07) is 20.1. The van der Waals surface area contributed by atoms with Gasteiger partial charge in [-0.15, -0.1) is 0 Å². The highest BCUT2D eigenvalue weighted by Crippen LogP contribution is 2.34. The quantitative estimate of drug-likeness (QED) is 0.286. The summed E-state index contributed by atoms with van der Waals surface area (Å²) in [6.45, 7) is 3.76. The molecule has 0 heterocycles. The standard InChI is InChI=1S/C31H38ClN3O6S/c1-22(2)19-33-31(37)28(17-23-11-7-6-8-12-23)34(20-24-13-9-10-14-26(24)32)30(36)21-35(42(5,38)39)27-18-25(40-3)15-16-29(27)41-4/h6-16,18,22,28H,17,19-21H2,1-5H3,(H,33,37)/t28-/m1/s1. The largest absolute Gasteiger partial charge is 0.497 e. The molecule has 42 heavy (non-hydrogen) atoms. The molecule has 0 saturated heterocycles. The van der Waals surface area contributed by atoms with Gasteiger partial charge in [-0.3, -0.25) is 13.9 Å². The number of halogens is 1. The van der Waals surface area contributed by atoms with E-state index in [4.69, 9.17) is 21.1 Å². The zero-order valence-corrected chi connectivity index (χ0v) is 26.1. The molecule has 0 aliphatic rings. The van der Waals surface area contributed by atoms with Gasteiger partial charge in [0.2, 0.25) is 21.8 Å². The Labute approximate surface area is 253 Å². The zero-order chi connectivity index (χ0) is 30.9. The van der Waals surface area contributed by atoms with Gasteiger partial charge >= 0.3 is 0 Å². The summed E-state index contributed by atoms with van der Waals surface area (Å²) < 4.78 is 37.9. The lowest BCUT2D eigenvalue weighted by Gasteiger charge is -2.34. The van der Waals surface area contributed by atoms with Crippen molar-refractivity contribution < 1.29 is 27.5 Å². The third kappa shape index (κ3) is 8.87. The summed E-state index contributed by atoms with van der Waals surface area (Å²) in [7, 11) is -1.12. The molecule has 0 spiro atoms. The highest BCUT2D eigenvalue weighted by Gasteiger charge is 2.34. The van der Waals surface area contributed by atoms with Crippen LogP contribution in [0.2, 0.25) is 5.02 Å². The third-order valence-electron chi connectivity index (χ3n) is 6.59. The lowest BCUT2D eigenvalue weighted by molar-refractivity contribution is -0.140. The zero-order valence-electron chi connectivity index (χ0n) is 24.5. The second-order valence-electron chi connectivity index (χ2n) is 10.3. The fourth-order valence-corrected chi connectivity index (χ4v) is 5.41. The minimum absolute atomic E-state index is 0.0159. The van der Waals surface area contributed by atoms with Crippen LogP contribution in [0.3, 0.4) is 0 Å². The maximum Gasteiger partial charge on any atom is 0.244 e. The van der Waals surface area contributed by atoms with Gasteiger partial charge in [0.05, 0.1) is 26.2 Å². The van der Waals surface area contributed by atoms with Crippen molar-refractivity contribution in [3.05, 3.63) is 88.9 Å². The molecule has 3 rings (SSSR count). The molecule has 0 bridgehead atoms. The number of carbonyl (C=O) groups is 2. The van der Waals surface area contributed by atoms with Gasteiger partial charge in [-0.2, -0.15) is 0 Å². The van der Waals surface area contributed by atoms with Crippen molar-refractivity contribution in [2.45, 2.75) is 32.9 Å². The van der Waals surface area contributed by atoms with Crippen molar-refractivity contribution in [2.24, 2.45) is 5.92 Å². The molecule has 226 valence electrons. The van der Waals surface area contributed by atoms with Gasteiger partial charge in [-0.05, 0) is 35.2 Å². The van der Waals surface area contributed by atoms with Crippen molar-refractivity contribution in [1.82, 2.24) is 10.2 Å². The first-order chi connectivity index (χ1) is 19.9. The topological polar surface area (TPSA) is 105 Å². The van der Waals surface area contributed by atoms with E-state index in [9.17, 15) is 18.0 Å². The van der Waals surface area contributed by atoms with Crippen LogP contribution in [0.5, 0.6) is 11.5 Å². The number of carbonyl (C=O) groups excluding carboxylic acids is 2. The van der Waals surface area contributed by atoms with Crippen LogP contribution in [0, 0.1) is 5.92 Å². The maximum absolute atomic E-state index is 14.2. The van der Waals surface area contributed by atoms with Gasteiger partial charge in [-0.1, -0.05) is 74.0 Å². The molecule has 3 aromatic rings. The minimum Gasteiger partial charge on any atom is -0.497 e. The molecule has 3 aromatic carbocycles. The Hall–Kier alpha value is -3.76. The van der Waals surface area contributed by atoms with E-state index in [0.29, 0.717) is 22.9 Å². The fourth-order valence-electron chi connectivity index (χ4n) is 4.37. The summed E-state index contributed by atoms with van der Waals surface area (Å²) in [4.78, 5) is 29.3. The second-order valence-corrected chi connectivity index (χ2v) is 12.6. The molecule has 0 radical (unpaired) electrons. The molecule has 0 aliphatic heterocycles. The van der Waals surface area contributed by atoms with Crippen molar-refractivity contribution in [3.8, 4) is 11.5 Å². The molecule has 0 unspecified atom stereocenters. The number of hydrogen-bond donors (Lipinski definition) is 1. The van der Waals surface area contributed by atoms with Crippen molar-refractivity contribution in [3.63, 3.8) is 0 Å². The minimum atomic E-state index is -3.99. The van der Waals surface area contributed by atoms with E-state index in [1.807, 2.05) is 44.2 Å². The smallest absolute Gasteiger partial charge is 0.244 e. The van der Waals surface area contributed by atoms with Gasteiger partial charge in [-0.25, -0.2) is 8.42 Å². The number of ether oxygens (including phenoxy) is 2. The van der Waals surface area contributed by atoms with E-state index in [1.54, 1.807) is 36.4 Å². The summed E-state index contributed by atoms with van der Waals surface area (Å²) in [5.74, 6) is -0.138. The van der Waals surface area contributed by atoms with Crippen LogP contribution in [-0.2, 0) is 32.6 Å². The Bertz CT molecular complexity index is 1470. The van der Waals surface area contributed by atoms with Gasteiger partial charge in [0.1, 0.15) is 24.1 Å². The van der Waals surface area contributed by atoms with Gasteiger partial charge < -0.3 is 19.7 Å². The Kier molecular flexibility index (Phi) is 11.6. The monoisotopic (exact) mass is 615 g/mol. The number of methoxy groups -OCH3 is 2. The molecule has 0 saturated carbocycles. The SMILES string of the molecule is COc1ccc(OC)c(N(CC(=O)N(Cc2ccccc2Cl)[C@H](Cc2ccccc2)C(=O)NCC(C)C)S(C)(=O)=O)c1. The van der Waals surface area contributed by atoms with Crippen molar-refractivity contribution in [1.29, 1.82) is 0 Å². The van der Waals surface area contributed by atoms with E-state index in [1.165, 1.54) is 25.2 Å². The lowest BCUT2D eigenvalue weighted by Crippen LogP contribution is -2.53. The highest BCUT2D eigenvalue weighted by atomic mass is 35.5. The van der Waals surface area contributed by atoms with Crippen LogP contribution < -0.4 is 19.1 Å². The van der Waals surface area contributed by atoms with E-state index < -0.39 is 28.5 Å². The molecule has 0 aliphatic carbocycles. The number of hydrogen-bond acceptors (Lipinski definition) is 6. The predicted octanol–water partition coefficient (Wildman–Crippen LogP) is 4.54. The number of benzene rings is 3. The first-order valence-electron chi connectivity index (χ1n) is 13.5. The molecular weight excluding hydrogens is 578 g/mol. The van der Waals surface area contributed by atoms with Crippen LogP contribution in [-0.4, -0.2) is 64.7 Å². The molecular formula is C31H38ClN3O6S. The number of anilines is 1. The summed E-state index contributed by atoms with van der Waals surface area (Å²) in [5.41, 5.74) is 1.59. The normalized spacial score (nSPS) is 12.0. The summed E-state index contributed by atoms with van der Waals surface area (Å²) in [6.07, 6.45) is 1.22. The number of nitrogens with zero attached hydrogens (tertiary/aromatic N) is 2. The number of rotatable bonds is 14. The average Bonchev–Trinajstić information content (AvgIpc) is 2.96. The number of nitrogens with one attached hydrogen (secondary N) is 1. The van der Waals surface area contributed by atoms with Crippen molar-refractivity contribution in [2.75, 3.05) is 37.9 Å². The molecule has 11 heteroatoms. The molecule has 9 nitrogen and oxygen atoms in total. The predicted molar refractivity (Wildman–Crippen MR) is 166 cm³/mol. The van der Waals surface area contributed by atoms with Gasteiger partial charge in [0.25, 0.3) is 0 Å². The first kappa shape index (κ1) is 32.8. The van der Waals surface area contributed by atoms with Crippen LogP contribution in [0.4, 0.5) is 5.69 Å². The molecule has 1 atom stereocenters. The highest BCUT2D eigenvalue weighted by molar-refractivity contribution is 7.92. The molecule has 0 fully saturated rings. The molecule has 1 N–H and O–H groups in total. The lowest BCUT2D eigenvalue weighted by atomic mass is 10.0. The van der Waals surface area contributed by atoms with E-state index in [2.05, 4.69) is 5.32 Å². The number of amides is 2. The average molecular weight is 616 g/mol. The third-order valence-corrected chi connectivity index (χ3v) is 8.08. The summed E-state index contributed by atoms with van der Waals surface area (Å²) >= 11 is 6.49. The Morgan fingerprint density at radius 3 is 2.21 bits per heavy atom. The van der Waals surface area contributed by atoms with Crippen LogP contribution in [0.15, 0.2) is 72.8 Å². The van der Waals surface area contributed by atoms with E-state index >= 15 is 0 Å². The molecule has 2 amide bonds. The Balaban J connectivity index is 2.11. The van der Waals surface area contributed by atoms with Crippen LogP contribution >= 0.6 is 11.6 Å². The molecule has 0 aromatic heterocycles. The van der Waals surface area contributed by atoms with E-state index in [-0.39, 0.29) is 36.2 Å². The Morgan fingerprint density at radius 2 is 1.62 bits per heavy atom. The number of sulfonamides is 1. The van der Waals surface area contributed by atoms with Crippen molar-refractivity contribution >= 4 is 39.1 Å². The van der Waals surface area contributed by atoms with Crippen LogP contribution in [0.25, 0.3) is 0 Å². The second kappa shape index (κ2) is 14.9. The maximum atomic E-state index is 14.2. The fraction of sp³-hybridized carbons (Fsp3) is 0.355. The van der Waals surface area contributed by atoms with Crippen LogP contribution in [0.1, 0.15) is 25.0 Å². The van der Waals surface area contributed by atoms with E-state index in [0.717, 1.165) is 16.1 Å². The summed E-state index contributed by atoms with van der Waals surface area (Å²) in [5, 5.41) is 3.37. The first-order valence-corrected chi connectivity index (χ1v) is 15.7. The van der Waals surface area contributed by atoms with Gasteiger partial charge in [0.15, 0.2) is 0 Å². The van der Waals surface area contributed by atoms with Gasteiger partial charge in [0, 0.05) is 30.6 Å². The Morgan fingerprint density at radius 1 is 0.952 bits per heavy atom.